The molecule has 0 heterocycles. The zero-order valence-corrected chi connectivity index (χ0v) is 16.1. The fraction of sp³-hybridized carbons (Fsp3) is 0.300. The lowest BCUT2D eigenvalue weighted by atomic mass is 10.1. The van der Waals surface area contributed by atoms with Gasteiger partial charge in [0, 0.05) is 22.0 Å². The maximum atomic E-state index is 12.6. The van der Waals surface area contributed by atoms with Crippen LogP contribution in [0.3, 0.4) is 0 Å². The lowest BCUT2D eigenvalue weighted by Gasteiger charge is -2.14. The Morgan fingerprint density at radius 3 is 2.54 bits per heavy atom. The van der Waals surface area contributed by atoms with E-state index in [1.54, 1.807) is 18.2 Å². The lowest BCUT2D eigenvalue weighted by molar-refractivity contribution is -0.117. The summed E-state index contributed by atoms with van der Waals surface area (Å²) in [6.07, 6.45) is 0.740. The molecule has 1 saturated carbocycles. The van der Waals surface area contributed by atoms with Crippen LogP contribution in [-0.2, 0) is 4.79 Å². The van der Waals surface area contributed by atoms with E-state index in [1.807, 2.05) is 38.1 Å². The standard InChI is InChI=1S/C20H20Cl2N2O2/c1-11(2)23-19(25)14-8-7-12(21)9-18(14)24-20(26)16-10-15(16)13-5-3-4-6-17(13)22/h3-9,11,15-16H,10H2,1-2H3,(H,23,25)(H,24,26). The normalized spacial score (nSPS) is 18.5. The number of halogens is 2. The summed E-state index contributed by atoms with van der Waals surface area (Å²) in [5.74, 6) is -0.424. The van der Waals surface area contributed by atoms with Crippen molar-refractivity contribution < 1.29 is 9.59 Å². The molecular formula is C20H20Cl2N2O2. The summed E-state index contributed by atoms with van der Waals surface area (Å²) in [7, 11) is 0. The molecule has 2 N–H and O–H groups in total. The third-order valence-corrected chi connectivity index (χ3v) is 4.92. The van der Waals surface area contributed by atoms with E-state index in [0.717, 1.165) is 12.0 Å². The number of hydrogen-bond donors (Lipinski definition) is 2. The Kier molecular flexibility index (Phi) is 5.54. The maximum Gasteiger partial charge on any atom is 0.253 e. The van der Waals surface area contributed by atoms with E-state index in [2.05, 4.69) is 10.6 Å². The molecule has 1 aliphatic rings. The summed E-state index contributed by atoms with van der Waals surface area (Å²) in [6.45, 7) is 3.76. The zero-order valence-electron chi connectivity index (χ0n) is 14.6. The zero-order chi connectivity index (χ0) is 18.8. The SMILES string of the molecule is CC(C)NC(=O)c1ccc(Cl)cc1NC(=O)C1CC1c1ccccc1Cl. The molecule has 0 aliphatic heterocycles. The summed E-state index contributed by atoms with van der Waals surface area (Å²) in [6, 6.07) is 12.4. The summed E-state index contributed by atoms with van der Waals surface area (Å²) < 4.78 is 0. The molecule has 2 atom stereocenters. The molecular weight excluding hydrogens is 371 g/mol. The highest BCUT2D eigenvalue weighted by molar-refractivity contribution is 6.31. The van der Waals surface area contributed by atoms with Crippen molar-refractivity contribution >= 4 is 40.7 Å². The quantitative estimate of drug-likeness (QED) is 0.764. The molecule has 2 aromatic carbocycles. The van der Waals surface area contributed by atoms with E-state index in [9.17, 15) is 9.59 Å². The van der Waals surface area contributed by atoms with Crippen LogP contribution in [-0.4, -0.2) is 17.9 Å². The molecule has 0 spiro atoms. The first-order valence-corrected chi connectivity index (χ1v) is 9.28. The molecule has 2 amide bonds. The van der Waals surface area contributed by atoms with Crippen LogP contribution in [0.15, 0.2) is 42.5 Å². The second-order valence-electron chi connectivity index (χ2n) is 6.78. The van der Waals surface area contributed by atoms with Gasteiger partial charge in [-0.1, -0.05) is 41.4 Å². The van der Waals surface area contributed by atoms with Crippen LogP contribution < -0.4 is 10.6 Å². The van der Waals surface area contributed by atoms with Crippen LogP contribution in [0.2, 0.25) is 10.0 Å². The summed E-state index contributed by atoms with van der Waals surface area (Å²) in [5, 5.41) is 6.82. The van der Waals surface area contributed by atoms with Gasteiger partial charge in [-0.2, -0.15) is 0 Å². The van der Waals surface area contributed by atoms with Crippen molar-refractivity contribution in [2.24, 2.45) is 5.92 Å². The van der Waals surface area contributed by atoms with E-state index in [0.29, 0.717) is 21.3 Å². The molecule has 26 heavy (non-hydrogen) atoms. The number of anilines is 1. The van der Waals surface area contributed by atoms with Crippen molar-refractivity contribution in [1.29, 1.82) is 0 Å². The van der Waals surface area contributed by atoms with Crippen molar-refractivity contribution in [2.75, 3.05) is 5.32 Å². The first kappa shape index (κ1) is 18.7. The van der Waals surface area contributed by atoms with Crippen LogP contribution in [0.25, 0.3) is 0 Å². The van der Waals surface area contributed by atoms with E-state index >= 15 is 0 Å². The van der Waals surface area contributed by atoms with Crippen LogP contribution in [0, 0.1) is 5.92 Å². The predicted octanol–water partition coefficient (Wildman–Crippen LogP) is 4.87. The Morgan fingerprint density at radius 2 is 1.85 bits per heavy atom. The average molecular weight is 391 g/mol. The Bertz CT molecular complexity index is 851. The highest BCUT2D eigenvalue weighted by atomic mass is 35.5. The number of benzene rings is 2. The minimum Gasteiger partial charge on any atom is -0.350 e. The van der Waals surface area contributed by atoms with Gasteiger partial charge in [0.25, 0.3) is 5.91 Å². The monoisotopic (exact) mass is 390 g/mol. The number of rotatable bonds is 5. The second-order valence-corrected chi connectivity index (χ2v) is 7.62. The highest BCUT2D eigenvalue weighted by Gasteiger charge is 2.45. The number of hydrogen-bond acceptors (Lipinski definition) is 2. The third-order valence-electron chi connectivity index (χ3n) is 4.34. The molecule has 1 fully saturated rings. The number of carbonyl (C=O) groups is 2. The average Bonchev–Trinajstić information content (AvgIpc) is 3.35. The molecule has 0 aromatic heterocycles. The molecule has 136 valence electrons. The Labute approximate surface area is 162 Å². The topological polar surface area (TPSA) is 58.2 Å². The third kappa shape index (κ3) is 4.19. The van der Waals surface area contributed by atoms with Gasteiger partial charge >= 0.3 is 0 Å². The van der Waals surface area contributed by atoms with Gasteiger partial charge in [-0.3, -0.25) is 9.59 Å². The molecule has 0 radical (unpaired) electrons. The van der Waals surface area contributed by atoms with Crippen LogP contribution in [0.5, 0.6) is 0 Å². The van der Waals surface area contributed by atoms with Crippen molar-refractivity contribution in [3.8, 4) is 0 Å². The molecule has 0 saturated heterocycles. The van der Waals surface area contributed by atoms with E-state index in [4.69, 9.17) is 23.2 Å². The first-order chi connectivity index (χ1) is 12.4. The second kappa shape index (κ2) is 7.68. The van der Waals surface area contributed by atoms with Gasteiger partial charge in [-0.05, 0) is 56.0 Å². The smallest absolute Gasteiger partial charge is 0.253 e. The van der Waals surface area contributed by atoms with E-state index in [-0.39, 0.29) is 29.7 Å². The summed E-state index contributed by atoms with van der Waals surface area (Å²) >= 11 is 12.3. The number of carbonyl (C=O) groups excluding carboxylic acids is 2. The molecule has 0 bridgehead atoms. The van der Waals surface area contributed by atoms with Gasteiger partial charge in [0.15, 0.2) is 0 Å². The molecule has 2 unspecified atom stereocenters. The fourth-order valence-electron chi connectivity index (χ4n) is 2.99. The molecule has 6 heteroatoms. The van der Waals surface area contributed by atoms with Gasteiger partial charge < -0.3 is 10.6 Å². The van der Waals surface area contributed by atoms with Gasteiger partial charge in [0.1, 0.15) is 0 Å². The van der Waals surface area contributed by atoms with E-state index < -0.39 is 0 Å². The minimum atomic E-state index is -0.245. The van der Waals surface area contributed by atoms with Gasteiger partial charge in [0.05, 0.1) is 11.3 Å². The van der Waals surface area contributed by atoms with Crippen molar-refractivity contribution in [3.05, 3.63) is 63.6 Å². The lowest BCUT2D eigenvalue weighted by Crippen LogP contribution is -2.31. The first-order valence-electron chi connectivity index (χ1n) is 8.52. The number of nitrogens with one attached hydrogen (secondary N) is 2. The molecule has 2 aromatic rings. The Hall–Kier alpha value is -2.04. The van der Waals surface area contributed by atoms with Crippen LogP contribution in [0.4, 0.5) is 5.69 Å². The van der Waals surface area contributed by atoms with Gasteiger partial charge in [-0.25, -0.2) is 0 Å². The highest BCUT2D eigenvalue weighted by Crippen LogP contribution is 2.50. The minimum absolute atomic E-state index is 0.00485. The molecule has 1 aliphatic carbocycles. The van der Waals surface area contributed by atoms with Crippen LogP contribution >= 0.6 is 23.2 Å². The molecule has 4 nitrogen and oxygen atoms in total. The summed E-state index contributed by atoms with van der Waals surface area (Å²) in [5.41, 5.74) is 1.80. The van der Waals surface area contributed by atoms with Gasteiger partial charge in [-0.15, -0.1) is 0 Å². The molecule has 3 rings (SSSR count). The van der Waals surface area contributed by atoms with E-state index in [1.165, 1.54) is 0 Å². The Balaban J connectivity index is 1.75. The predicted molar refractivity (Wildman–Crippen MR) is 105 cm³/mol. The van der Waals surface area contributed by atoms with Crippen molar-refractivity contribution in [2.45, 2.75) is 32.2 Å². The van der Waals surface area contributed by atoms with Crippen molar-refractivity contribution in [3.63, 3.8) is 0 Å². The van der Waals surface area contributed by atoms with Crippen molar-refractivity contribution in [1.82, 2.24) is 5.32 Å². The Morgan fingerprint density at radius 1 is 1.12 bits per heavy atom. The largest absolute Gasteiger partial charge is 0.350 e. The number of amides is 2. The fourth-order valence-corrected chi connectivity index (χ4v) is 3.44. The van der Waals surface area contributed by atoms with Gasteiger partial charge in [0.2, 0.25) is 5.91 Å². The maximum absolute atomic E-state index is 12.6. The van der Waals surface area contributed by atoms with Crippen LogP contribution in [0.1, 0.15) is 42.1 Å². The summed E-state index contributed by atoms with van der Waals surface area (Å²) in [4.78, 5) is 25.0.